The molecule has 0 spiro atoms. The van der Waals surface area contributed by atoms with Crippen LogP contribution < -0.4 is 4.74 Å². The highest BCUT2D eigenvalue weighted by molar-refractivity contribution is 5.90. The van der Waals surface area contributed by atoms with Crippen LogP contribution in [0.4, 0.5) is 0 Å². The fourth-order valence-corrected chi connectivity index (χ4v) is 5.22. The monoisotopic (exact) mass is 471 g/mol. The van der Waals surface area contributed by atoms with Gasteiger partial charge < -0.3 is 14.6 Å². The zero-order chi connectivity index (χ0) is 23.9. The number of aromatic nitrogens is 4. The molecule has 0 saturated carbocycles. The van der Waals surface area contributed by atoms with Gasteiger partial charge >= 0.3 is 0 Å². The molecule has 1 N–H and O–H groups in total. The number of rotatable bonds is 5. The van der Waals surface area contributed by atoms with E-state index in [4.69, 9.17) is 9.47 Å². The predicted molar refractivity (Wildman–Crippen MR) is 134 cm³/mol. The molecule has 2 aliphatic rings. The Balaban J connectivity index is 1.19. The Labute approximate surface area is 204 Å². The lowest BCUT2D eigenvalue weighted by Gasteiger charge is -2.45. The molecule has 2 fully saturated rings. The summed E-state index contributed by atoms with van der Waals surface area (Å²) in [4.78, 5) is 2.53. The van der Waals surface area contributed by atoms with Crippen molar-refractivity contribution in [1.82, 2.24) is 24.9 Å². The molecule has 0 aliphatic carbocycles. The Morgan fingerprint density at radius 1 is 1.00 bits per heavy atom. The molecule has 6 rings (SSSR count). The highest BCUT2D eigenvalue weighted by Crippen LogP contribution is 2.37. The molecule has 0 bridgehead atoms. The number of fused-ring (bicyclic) bond motifs is 1. The zero-order valence-corrected chi connectivity index (χ0v) is 20.0. The van der Waals surface area contributed by atoms with Gasteiger partial charge in [0.1, 0.15) is 17.0 Å². The maximum Gasteiger partial charge on any atom is 0.147 e. The summed E-state index contributed by atoms with van der Waals surface area (Å²) in [5.74, 6) is 1.30. The molecule has 2 aromatic carbocycles. The number of nitrogens with zero attached hydrogens (tertiary/aromatic N) is 5. The van der Waals surface area contributed by atoms with Crippen LogP contribution in [0.2, 0.25) is 0 Å². The summed E-state index contributed by atoms with van der Waals surface area (Å²) < 4.78 is 12.8. The number of aromatic hydroxyl groups is 1. The predicted octanol–water partition coefficient (Wildman–Crippen LogP) is 3.99. The molecule has 2 aliphatic heterocycles. The molecule has 8 nitrogen and oxygen atoms in total. The first kappa shape index (κ1) is 22.0. The maximum absolute atomic E-state index is 10.8. The third-order valence-corrected chi connectivity index (χ3v) is 7.24. The van der Waals surface area contributed by atoms with E-state index in [2.05, 4.69) is 26.3 Å². The molecule has 0 amide bonds. The van der Waals surface area contributed by atoms with Crippen molar-refractivity contribution in [3.63, 3.8) is 0 Å². The summed E-state index contributed by atoms with van der Waals surface area (Å²) in [6.45, 7) is 3.80. The smallest absolute Gasteiger partial charge is 0.147 e. The van der Waals surface area contributed by atoms with Crippen LogP contribution >= 0.6 is 0 Å². The van der Waals surface area contributed by atoms with E-state index in [9.17, 15) is 5.11 Å². The number of aryl methyl sites for hydroxylation is 1. The van der Waals surface area contributed by atoms with Crippen molar-refractivity contribution in [2.45, 2.75) is 24.8 Å². The lowest BCUT2D eigenvalue weighted by atomic mass is 9.91. The quantitative estimate of drug-likeness (QED) is 0.471. The van der Waals surface area contributed by atoms with Gasteiger partial charge in [-0.25, -0.2) is 0 Å². The van der Waals surface area contributed by atoms with Crippen molar-refractivity contribution < 1.29 is 14.6 Å². The molecule has 4 aromatic rings. The molecule has 8 heteroatoms. The second kappa shape index (κ2) is 8.94. The summed E-state index contributed by atoms with van der Waals surface area (Å²) in [5.41, 5.74) is 5.01. The van der Waals surface area contributed by atoms with Gasteiger partial charge in [-0.3, -0.25) is 9.58 Å². The highest BCUT2D eigenvalue weighted by atomic mass is 16.5. The summed E-state index contributed by atoms with van der Waals surface area (Å²) in [6.07, 6.45) is 4.20. The van der Waals surface area contributed by atoms with E-state index in [0.29, 0.717) is 29.0 Å². The highest BCUT2D eigenvalue weighted by Gasteiger charge is 2.34. The summed E-state index contributed by atoms with van der Waals surface area (Å²) in [7, 11) is 3.53. The van der Waals surface area contributed by atoms with Gasteiger partial charge in [-0.1, -0.05) is 6.07 Å². The fourth-order valence-electron chi connectivity index (χ4n) is 5.22. The van der Waals surface area contributed by atoms with Gasteiger partial charge in [-0.2, -0.15) is 15.3 Å². The Morgan fingerprint density at radius 2 is 1.83 bits per heavy atom. The lowest BCUT2D eigenvalue weighted by Crippen LogP contribution is -2.52. The van der Waals surface area contributed by atoms with Crippen LogP contribution in [-0.2, 0) is 11.8 Å². The van der Waals surface area contributed by atoms with Crippen LogP contribution in [0.5, 0.6) is 11.5 Å². The molecular weight excluding hydrogens is 442 g/mol. The molecule has 0 radical (unpaired) electrons. The van der Waals surface area contributed by atoms with E-state index in [0.717, 1.165) is 66.9 Å². The van der Waals surface area contributed by atoms with Gasteiger partial charge in [0.05, 0.1) is 18.5 Å². The van der Waals surface area contributed by atoms with Crippen LogP contribution in [0.15, 0.2) is 48.7 Å². The minimum atomic E-state index is 0.170. The van der Waals surface area contributed by atoms with Gasteiger partial charge in [0.2, 0.25) is 0 Å². The minimum absolute atomic E-state index is 0.170. The second-order valence-electron chi connectivity index (χ2n) is 9.49. The molecule has 0 unspecified atom stereocenters. The van der Waals surface area contributed by atoms with Crippen molar-refractivity contribution >= 4 is 10.9 Å². The van der Waals surface area contributed by atoms with Crippen molar-refractivity contribution in [2.75, 3.05) is 33.4 Å². The largest absolute Gasteiger partial charge is 0.507 e. The Bertz CT molecular complexity index is 1360. The number of benzene rings is 2. The molecular formula is C27H29N5O3. The van der Waals surface area contributed by atoms with Crippen LogP contribution in [0.1, 0.15) is 24.5 Å². The van der Waals surface area contributed by atoms with E-state index < -0.39 is 0 Å². The average molecular weight is 472 g/mol. The number of phenolic OH excluding ortho intramolecular Hbond substituents is 1. The van der Waals surface area contributed by atoms with Crippen LogP contribution in [0.25, 0.3) is 33.3 Å². The van der Waals surface area contributed by atoms with E-state index in [1.54, 1.807) is 17.9 Å². The van der Waals surface area contributed by atoms with Crippen LogP contribution in [-0.4, -0.2) is 69.4 Å². The SMILES string of the molecule is COc1cc(-c2ccc(-c3ccc(C4CN(C5CCOCC5)C4)nn3)c(O)c2)cc2cn(C)nc12. The van der Waals surface area contributed by atoms with Crippen LogP contribution in [0, 0.1) is 0 Å². The minimum Gasteiger partial charge on any atom is -0.507 e. The number of ether oxygens (including phenoxy) is 2. The first-order valence-corrected chi connectivity index (χ1v) is 12.1. The number of hydrogen-bond donors (Lipinski definition) is 1. The van der Waals surface area contributed by atoms with Crippen molar-refractivity contribution in [2.24, 2.45) is 7.05 Å². The Hall–Kier alpha value is -3.49. The molecule has 4 heterocycles. The normalized spacial score (nSPS) is 17.5. The number of likely N-dealkylation sites (tertiary alicyclic amines) is 1. The first-order chi connectivity index (χ1) is 17.1. The number of methoxy groups -OCH3 is 1. The first-order valence-electron chi connectivity index (χ1n) is 12.1. The van der Waals surface area contributed by atoms with Gasteiger partial charge in [-0.15, -0.1) is 0 Å². The van der Waals surface area contributed by atoms with E-state index >= 15 is 0 Å². The average Bonchev–Trinajstić information content (AvgIpc) is 3.24. The molecule has 180 valence electrons. The molecule has 2 aromatic heterocycles. The van der Waals surface area contributed by atoms with Gasteiger partial charge in [-0.05, 0) is 60.4 Å². The Kier molecular flexibility index (Phi) is 5.62. The van der Waals surface area contributed by atoms with E-state index in [1.807, 2.05) is 43.6 Å². The van der Waals surface area contributed by atoms with Gasteiger partial charge in [0.15, 0.2) is 0 Å². The maximum atomic E-state index is 10.8. The van der Waals surface area contributed by atoms with E-state index in [1.165, 1.54) is 0 Å². The second-order valence-corrected chi connectivity index (χ2v) is 9.49. The number of phenols is 1. The van der Waals surface area contributed by atoms with Crippen molar-refractivity contribution in [3.8, 4) is 33.9 Å². The summed E-state index contributed by atoms with van der Waals surface area (Å²) >= 11 is 0. The third-order valence-electron chi connectivity index (χ3n) is 7.24. The van der Waals surface area contributed by atoms with Crippen molar-refractivity contribution in [3.05, 3.63) is 54.4 Å². The van der Waals surface area contributed by atoms with E-state index in [-0.39, 0.29) is 5.75 Å². The molecule has 0 atom stereocenters. The Morgan fingerprint density at radius 3 is 2.54 bits per heavy atom. The number of hydrogen-bond acceptors (Lipinski definition) is 7. The third kappa shape index (κ3) is 4.13. The fraction of sp³-hybridized carbons (Fsp3) is 0.370. The van der Waals surface area contributed by atoms with Gasteiger partial charge in [0.25, 0.3) is 0 Å². The topological polar surface area (TPSA) is 85.5 Å². The standard InChI is InChI=1S/C27H29N5O3/c1-31-14-19-11-18(13-26(34-2)27(19)30-31)17-3-4-22(25(33)12-17)24-6-5-23(28-29-24)20-15-32(16-20)21-7-9-35-10-8-21/h3-6,11-14,20-21,33H,7-10,15-16H2,1-2H3. The lowest BCUT2D eigenvalue weighted by molar-refractivity contribution is 0.000892. The zero-order valence-electron chi connectivity index (χ0n) is 20.0. The summed E-state index contributed by atoms with van der Waals surface area (Å²) in [6, 6.07) is 14.3. The van der Waals surface area contributed by atoms with Crippen LogP contribution in [0.3, 0.4) is 0 Å². The van der Waals surface area contributed by atoms with Gasteiger partial charge in [0, 0.05) is 62.5 Å². The molecule has 2 saturated heterocycles. The molecule has 35 heavy (non-hydrogen) atoms. The summed E-state index contributed by atoms with van der Waals surface area (Å²) in [5, 5.41) is 25.2. The van der Waals surface area contributed by atoms with Crippen molar-refractivity contribution in [1.29, 1.82) is 0 Å².